The van der Waals surface area contributed by atoms with Crippen molar-refractivity contribution in [2.45, 2.75) is 42.4 Å². The molecule has 0 aliphatic carbocycles. The molecule has 4 nitrogen and oxygen atoms in total. The van der Waals surface area contributed by atoms with Crippen LogP contribution in [0.2, 0.25) is 0 Å². The lowest BCUT2D eigenvalue weighted by Gasteiger charge is -2.31. The highest BCUT2D eigenvalue weighted by atomic mass is 127. The monoisotopic (exact) mass is 818 g/mol. The molecule has 0 bridgehead atoms. The number of hydrogen-bond acceptors (Lipinski definition) is 6. The van der Waals surface area contributed by atoms with E-state index in [1.165, 1.54) is 58.9 Å². The first-order valence-electron chi connectivity index (χ1n) is 15.5. The van der Waals surface area contributed by atoms with Crippen LogP contribution in [0.15, 0.2) is 104 Å². The minimum absolute atomic E-state index is 1.07. The summed E-state index contributed by atoms with van der Waals surface area (Å²) in [7, 11) is 2.15. The summed E-state index contributed by atoms with van der Waals surface area (Å²) in [6.45, 7) is 17.6. The highest BCUT2D eigenvalue weighted by molar-refractivity contribution is 14.1. The Bertz CT molecular complexity index is 1440. The van der Waals surface area contributed by atoms with Crippen molar-refractivity contribution < 1.29 is 0 Å². The second-order valence-corrected chi connectivity index (χ2v) is 14.9. The Morgan fingerprint density at radius 3 is 1.76 bits per heavy atom. The maximum Gasteiger partial charge on any atom is 0.0508 e. The van der Waals surface area contributed by atoms with Crippen LogP contribution in [0.25, 0.3) is 0 Å². The van der Waals surface area contributed by atoms with E-state index >= 15 is 0 Å². The average molecular weight is 820 g/mol. The van der Waals surface area contributed by atoms with Crippen LogP contribution in [0.1, 0.15) is 22.3 Å². The Kier molecular flexibility index (Phi) is 17.4. The molecule has 0 saturated carbocycles. The number of likely N-dealkylation sites (N-methyl/N-ethyl adjacent to an activating group) is 1. The first-order valence-corrected chi connectivity index (χ1v) is 18.6. The van der Waals surface area contributed by atoms with Crippen LogP contribution in [0.3, 0.4) is 0 Å². The van der Waals surface area contributed by atoms with Crippen LogP contribution < -0.4 is 15.5 Å². The van der Waals surface area contributed by atoms with Crippen molar-refractivity contribution in [2.24, 2.45) is 0 Å². The van der Waals surface area contributed by atoms with Gasteiger partial charge in [-0.3, -0.25) is 0 Å². The maximum atomic E-state index is 4.25. The van der Waals surface area contributed by atoms with E-state index < -0.39 is 0 Å². The Labute approximate surface area is 303 Å². The molecule has 0 aromatic heterocycles. The highest BCUT2D eigenvalue weighted by Gasteiger charge is 2.15. The second kappa shape index (κ2) is 20.7. The first-order chi connectivity index (χ1) is 21.6. The molecule has 2 heterocycles. The van der Waals surface area contributed by atoms with Gasteiger partial charge in [0.2, 0.25) is 0 Å². The van der Waals surface area contributed by atoms with Gasteiger partial charge in [-0.15, -0.1) is 12.6 Å². The number of rotatable bonds is 3. The minimum Gasteiger partial charge on any atom is -0.368 e. The predicted octanol–water partition coefficient (Wildman–Crippen LogP) is 9.03. The molecule has 45 heavy (non-hydrogen) atoms. The van der Waals surface area contributed by atoms with Crippen molar-refractivity contribution in [1.82, 2.24) is 15.5 Å². The van der Waals surface area contributed by atoms with Gasteiger partial charge in [-0.2, -0.15) is 0 Å². The molecule has 2 fully saturated rings. The van der Waals surface area contributed by atoms with Gasteiger partial charge >= 0.3 is 0 Å². The number of halogens is 2. The van der Waals surface area contributed by atoms with Gasteiger partial charge in [-0.25, -0.2) is 0 Å². The van der Waals surface area contributed by atoms with E-state index in [1.54, 1.807) is 0 Å². The maximum absolute atomic E-state index is 4.25. The van der Waals surface area contributed by atoms with Gasteiger partial charge in [0.25, 0.3) is 0 Å². The third-order valence-electron chi connectivity index (χ3n) is 7.39. The molecule has 8 heteroatoms. The molecular formula is C37H48BrIN4S2. The molecule has 6 rings (SSSR count). The van der Waals surface area contributed by atoms with E-state index in [-0.39, 0.29) is 0 Å². The number of anilines is 1. The summed E-state index contributed by atoms with van der Waals surface area (Å²) in [5, 5.41) is 6.69. The van der Waals surface area contributed by atoms with E-state index in [9.17, 15) is 0 Å². The van der Waals surface area contributed by atoms with Gasteiger partial charge < -0.3 is 20.4 Å². The van der Waals surface area contributed by atoms with Gasteiger partial charge in [0.1, 0.15) is 0 Å². The summed E-state index contributed by atoms with van der Waals surface area (Å²) >= 11 is 11.8. The number of piperazine rings is 2. The van der Waals surface area contributed by atoms with Crippen molar-refractivity contribution in [2.75, 3.05) is 64.3 Å². The lowest BCUT2D eigenvalue weighted by atomic mass is 10.2. The van der Waals surface area contributed by atoms with Crippen LogP contribution >= 0.6 is 62.9 Å². The zero-order valence-electron chi connectivity index (χ0n) is 27.2. The van der Waals surface area contributed by atoms with E-state index in [0.29, 0.717) is 0 Å². The second-order valence-electron chi connectivity index (χ2n) is 11.3. The van der Waals surface area contributed by atoms with Crippen molar-refractivity contribution in [3.63, 3.8) is 0 Å². The van der Waals surface area contributed by atoms with Crippen LogP contribution in [0.5, 0.6) is 0 Å². The summed E-state index contributed by atoms with van der Waals surface area (Å²) in [6.07, 6.45) is 0. The van der Waals surface area contributed by atoms with Gasteiger partial charge in [0.05, 0.1) is 5.69 Å². The zero-order valence-corrected chi connectivity index (χ0v) is 32.7. The predicted molar refractivity (Wildman–Crippen MR) is 212 cm³/mol. The molecule has 0 spiro atoms. The average Bonchev–Trinajstić information content (AvgIpc) is 3.04. The number of nitrogens with zero attached hydrogens (tertiary/aromatic N) is 2. The van der Waals surface area contributed by atoms with Gasteiger partial charge in [-0.1, -0.05) is 71.4 Å². The zero-order chi connectivity index (χ0) is 32.6. The van der Waals surface area contributed by atoms with Crippen molar-refractivity contribution in [3.05, 3.63) is 115 Å². The molecular weight excluding hydrogens is 771 g/mol. The molecule has 2 N–H and O–H groups in total. The first kappa shape index (κ1) is 37.9. The van der Waals surface area contributed by atoms with Crippen molar-refractivity contribution >= 4 is 68.6 Å². The summed E-state index contributed by atoms with van der Waals surface area (Å²) in [4.78, 5) is 8.59. The van der Waals surface area contributed by atoms with Crippen LogP contribution in [0, 0.1) is 31.3 Å². The Morgan fingerprint density at radius 1 is 0.689 bits per heavy atom. The minimum atomic E-state index is 1.07. The molecule has 0 unspecified atom stereocenters. The molecule has 0 radical (unpaired) electrons. The van der Waals surface area contributed by atoms with Crippen LogP contribution in [-0.4, -0.2) is 64.3 Å². The lowest BCUT2D eigenvalue weighted by Crippen LogP contribution is -2.43. The number of para-hydroxylation sites is 1. The summed E-state index contributed by atoms with van der Waals surface area (Å²) in [5.74, 6) is 0. The van der Waals surface area contributed by atoms with Crippen molar-refractivity contribution in [1.29, 1.82) is 0 Å². The molecule has 0 amide bonds. The van der Waals surface area contributed by atoms with Crippen LogP contribution in [-0.2, 0) is 0 Å². The van der Waals surface area contributed by atoms with E-state index in [2.05, 4.69) is 167 Å². The van der Waals surface area contributed by atoms with E-state index in [0.717, 1.165) is 44.2 Å². The molecule has 2 aliphatic rings. The van der Waals surface area contributed by atoms with Gasteiger partial charge in [0.15, 0.2) is 0 Å². The normalized spacial score (nSPS) is 14.6. The standard InChI is InChI=1S/C18H22N2S.C8H10S.C6H4BrI.C5H12N2/c1-14-7-8-17(15(2)13-14)21-18-6-4-3-5-16(18)20-11-9-19-10-12-20;1-6-3-4-8(9)7(2)5-6;7-5-3-1-2-4-6(5)8;1-7-4-2-6-3-5-7/h3-8,13,19H,9-12H2,1-2H3;3-5,9H,1-2H3;1-4H;6H,2-5H2,1H3. The number of nitrogens with one attached hydrogen (secondary N) is 2. The SMILES string of the molecule is Brc1ccccc1I.CN1CCNCC1.Cc1ccc(S)c(C)c1.Cc1ccc(Sc2ccccc2N2CCNCC2)c(C)c1. The smallest absolute Gasteiger partial charge is 0.0508 e. The lowest BCUT2D eigenvalue weighted by molar-refractivity contribution is 0.291. The third-order valence-corrected chi connectivity index (χ3v) is 11.5. The highest BCUT2D eigenvalue weighted by Crippen LogP contribution is 2.37. The molecule has 0 atom stereocenters. The Morgan fingerprint density at radius 2 is 1.24 bits per heavy atom. The molecule has 4 aromatic carbocycles. The van der Waals surface area contributed by atoms with Gasteiger partial charge in [0, 0.05) is 75.1 Å². The number of thiol groups is 1. The van der Waals surface area contributed by atoms with E-state index in [4.69, 9.17) is 0 Å². The topological polar surface area (TPSA) is 30.5 Å². The largest absolute Gasteiger partial charge is 0.368 e. The Hall–Kier alpha value is -1.53. The quantitative estimate of drug-likeness (QED) is 0.142. The number of benzene rings is 4. The van der Waals surface area contributed by atoms with E-state index in [1.807, 2.05) is 36.0 Å². The summed E-state index contributed by atoms with van der Waals surface area (Å²) < 4.78 is 2.42. The fourth-order valence-corrected chi connectivity index (χ4v) is 6.62. The fraction of sp³-hybridized carbons (Fsp3) is 0.351. The van der Waals surface area contributed by atoms with Crippen LogP contribution in [0.4, 0.5) is 5.69 Å². The summed E-state index contributed by atoms with van der Waals surface area (Å²) in [5.41, 5.74) is 6.59. The van der Waals surface area contributed by atoms with Crippen molar-refractivity contribution in [3.8, 4) is 0 Å². The molecule has 4 aromatic rings. The van der Waals surface area contributed by atoms with Gasteiger partial charge in [-0.05, 0) is 121 Å². The molecule has 2 saturated heterocycles. The summed E-state index contributed by atoms with van der Waals surface area (Å²) in [6, 6.07) is 29.8. The number of hydrogen-bond donors (Lipinski definition) is 3. The Balaban J connectivity index is 0.000000189. The molecule has 2 aliphatic heterocycles. The molecule has 242 valence electrons. The third kappa shape index (κ3) is 14.0. The fourth-order valence-electron chi connectivity index (χ4n) is 4.76. The number of aryl methyl sites for hydroxylation is 4.